The highest BCUT2D eigenvalue weighted by atomic mass is 79.9. The molecule has 2 heterocycles. The number of ether oxygens (including phenoxy) is 1. The zero-order chi connectivity index (χ0) is 12.4. The van der Waals surface area contributed by atoms with Crippen LogP contribution in [0.25, 0.3) is 0 Å². The van der Waals surface area contributed by atoms with Gasteiger partial charge >= 0.3 is 6.09 Å². The van der Waals surface area contributed by atoms with Gasteiger partial charge in [-0.05, 0) is 28.9 Å². The number of pyridine rings is 1. The molecule has 2 rings (SSSR count). The monoisotopic (exact) mass is 300 g/mol. The van der Waals surface area contributed by atoms with Crippen LogP contribution in [0.1, 0.15) is 13.3 Å². The minimum atomic E-state index is -0.896. The van der Waals surface area contributed by atoms with Crippen LogP contribution in [0.15, 0.2) is 22.8 Å². The van der Waals surface area contributed by atoms with Gasteiger partial charge in [-0.25, -0.2) is 9.78 Å². The Labute approximate surface area is 108 Å². The summed E-state index contributed by atoms with van der Waals surface area (Å²) in [4.78, 5) is 16.4. The van der Waals surface area contributed by atoms with Crippen molar-refractivity contribution in [2.75, 3.05) is 6.54 Å². The Balaban J connectivity index is 1.97. The van der Waals surface area contributed by atoms with Gasteiger partial charge in [0.05, 0.1) is 6.54 Å². The quantitative estimate of drug-likeness (QED) is 0.911. The lowest BCUT2D eigenvalue weighted by molar-refractivity contribution is 0.136. The van der Waals surface area contributed by atoms with E-state index in [9.17, 15) is 4.79 Å². The van der Waals surface area contributed by atoms with E-state index in [1.54, 1.807) is 12.3 Å². The molecule has 0 aromatic carbocycles. The first-order chi connectivity index (χ1) is 8.06. The first-order valence-electron chi connectivity index (χ1n) is 5.34. The van der Waals surface area contributed by atoms with Crippen molar-refractivity contribution in [2.45, 2.75) is 25.5 Å². The summed E-state index contributed by atoms with van der Waals surface area (Å²) < 4.78 is 6.53. The van der Waals surface area contributed by atoms with E-state index in [2.05, 4.69) is 20.9 Å². The maximum absolute atomic E-state index is 10.9. The Morgan fingerprint density at radius 1 is 1.65 bits per heavy atom. The van der Waals surface area contributed by atoms with E-state index in [4.69, 9.17) is 9.84 Å². The van der Waals surface area contributed by atoms with E-state index < -0.39 is 6.09 Å². The molecule has 2 atom stereocenters. The number of rotatable bonds is 2. The average molecular weight is 301 g/mol. The predicted octanol–water partition coefficient (Wildman–Crippen LogP) is 2.36. The molecule has 5 nitrogen and oxygen atoms in total. The Morgan fingerprint density at radius 2 is 2.41 bits per heavy atom. The fraction of sp³-hybridized carbons (Fsp3) is 0.455. The zero-order valence-corrected chi connectivity index (χ0v) is 10.9. The largest absolute Gasteiger partial charge is 0.472 e. The van der Waals surface area contributed by atoms with Gasteiger partial charge < -0.3 is 14.7 Å². The van der Waals surface area contributed by atoms with Crippen LogP contribution in [0.5, 0.6) is 5.88 Å². The Bertz CT molecular complexity index is 410. The minimum Gasteiger partial charge on any atom is -0.472 e. The van der Waals surface area contributed by atoms with Crippen LogP contribution in [0.2, 0.25) is 0 Å². The van der Waals surface area contributed by atoms with Gasteiger partial charge in [-0.15, -0.1) is 0 Å². The minimum absolute atomic E-state index is 0.00653. The number of carboxylic acid groups (broad SMARTS) is 1. The first kappa shape index (κ1) is 12.2. The van der Waals surface area contributed by atoms with Crippen LogP contribution < -0.4 is 4.74 Å². The molecular formula is C11H13BrN2O3. The third-order valence-corrected chi connectivity index (χ3v) is 3.24. The summed E-state index contributed by atoms with van der Waals surface area (Å²) in [5.41, 5.74) is 0. The molecule has 1 saturated heterocycles. The summed E-state index contributed by atoms with van der Waals surface area (Å²) in [6.45, 7) is 2.28. The molecule has 1 fully saturated rings. The molecule has 1 aromatic rings. The average Bonchev–Trinajstić information content (AvgIpc) is 2.63. The predicted molar refractivity (Wildman–Crippen MR) is 65.2 cm³/mol. The highest BCUT2D eigenvalue weighted by Crippen LogP contribution is 2.22. The first-order valence-corrected chi connectivity index (χ1v) is 6.13. The number of halogens is 1. The number of nitrogens with zero attached hydrogens (tertiary/aromatic N) is 2. The van der Waals surface area contributed by atoms with E-state index in [0.717, 1.165) is 4.47 Å². The summed E-state index contributed by atoms with van der Waals surface area (Å²) in [6.07, 6.45) is 1.34. The highest BCUT2D eigenvalue weighted by molar-refractivity contribution is 9.10. The molecule has 1 amide bonds. The van der Waals surface area contributed by atoms with Crippen molar-refractivity contribution in [3.8, 4) is 5.88 Å². The smallest absolute Gasteiger partial charge is 0.407 e. The van der Waals surface area contributed by atoms with E-state index in [-0.39, 0.29) is 12.1 Å². The molecule has 6 heteroatoms. The number of carbonyl (C=O) groups is 1. The van der Waals surface area contributed by atoms with Gasteiger partial charge in [0, 0.05) is 29.2 Å². The maximum Gasteiger partial charge on any atom is 0.407 e. The van der Waals surface area contributed by atoms with Gasteiger partial charge in [0.1, 0.15) is 6.10 Å². The molecule has 1 aliphatic rings. The van der Waals surface area contributed by atoms with Crippen molar-refractivity contribution in [1.82, 2.24) is 9.88 Å². The van der Waals surface area contributed by atoms with Crippen LogP contribution in [0, 0.1) is 0 Å². The second-order valence-electron chi connectivity index (χ2n) is 4.07. The van der Waals surface area contributed by atoms with Crippen molar-refractivity contribution in [2.24, 2.45) is 0 Å². The van der Waals surface area contributed by atoms with Crippen molar-refractivity contribution < 1.29 is 14.6 Å². The van der Waals surface area contributed by atoms with E-state index in [0.29, 0.717) is 18.8 Å². The fourth-order valence-corrected chi connectivity index (χ4v) is 2.17. The summed E-state index contributed by atoms with van der Waals surface area (Å²) in [6, 6.07) is 3.60. The molecule has 0 bridgehead atoms. The van der Waals surface area contributed by atoms with E-state index >= 15 is 0 Å². The molecule has 92 valence electrons. The Kier molecular flexibility index (Phi) is 3.51. The van der Waals surface area contributed by atoms with Crippen LogP contribution in [-0.2, 0) is 0 Å². The molecule has 17 heavy (non-hydrogen) atoms. The number of hydrogen-bond acceptors (Lipinski definition) is 3. The molecule has 1 aliphatic heterocycles. The summed E-state index contributed by atoms with van der Waals surface area (Å²) in [5, 5.41) is 8.95. The summed E-state index contributed by atoms with van der Waals surface area (Å²) in [7, 11) is 0. The molecule has 1 N–H and O–H groups in total. The van der Waals surface area contributed by atoms with Crippen LogP contribution in [0.4, 0.5) is 4.79 Å². The van der Waals surface area contributed by atoms with Gasteiger partial charge in [-0.3, -0.25) is 0 Å². The standard InChI is InChI=1S/C11H13BrN2O3/c1-7-4-9(6-14(7)11(15)16)17-10-3-2-8(12)5-13-10/h2-3,5,7,9H,4,6H2,1H3,(H,15,16)/t7-,9+/m0/s1. The van der Waals surface area contributed by atoms with Crippen molar-refractivity contribution in [3.63, 3.8) is 0 Å². The van der Waals surface area contributed by atoms with Crippen LogP contribution in [-0.4, -0.2) is 39.8 Å². The molecule has 0 saturated carbocycles. The van der Waals surface area contributed by atoms with Gasteiger partial charge in [0.15, 0.2) is 0 Å². The molecule has 0 unspecified atom stereocenters. The Hall–Kier alpha value is -1.30. The SMILES string of the molecule is C[C@H]1C[C@@H](Oc2ccc(Br)cn2)CN1C(=O)O. The topological polar surface area (TPSA) is 62.7 Å². The molecule has 0 radical (unpaired) electrons. The lowest BCUT2D eigenvalue weighted by atomic mass is 10.2. The zero-order valence-electron chi connectivity index (χ0n) is 9.34. The highest BCUT2D eigenvalue weighted by Gasteiger charge is 2.33. The van der Waals surface area contributed by atoms with Gasteiger partial charge in [0.25, 0.3) is 0 Å². The molecular weight excluding hydrogens is 288 g/mol. The molecule has 1 aromatic heterocycles. The van der Waals surface area contributed by atoms with Crippen LogP contribution in [0.3, 0.4) is 0 Å². The van der Waals surface area contributed by atoms with Gasteiger partial charge in [-0.1, -0.05) is 0 Å². The molecule has 0 aliphatic carbocycles. The van der Waals surface area contributed by atoms with E-state index in [1.165, 1.54) is 4.90 Å². The lowest BCUT2D eigenvalue weighted by Gasteiger charge is -2.16. The Morgan fingerprint density at radius 3 is 2.94 bits per heavy atom. The second kappa shape index (κ2) is 4.91. The van der Waals surface area contributed by atoms with Gasteiger partial charge in [0.2, 0.25) is 5.88 Å². The van der Waals surface area contributed by atoms with Gasteiger partial charge in [-0.2, -0.15) is 0 Å². The lowest BCUT2D eigenvalue weighted by Crippen LogP contribution is -2.33. The second-order valence-corrected chi connectivity index (χ2v) is 4.99. The summed E-state index contributed by atoms with van der Waals surface area (Å²) in [5.74, 6) is 0.526. The number of likely N-dealkylation sites (tertiary alicyclic amines) is 1. The van der Waals surface area contributed by atoms with E-state index in [1.807, 2.05) is 13.0 Å². The number of aromatic nitrogens is 1. The van der Waals surface area contributed by atoms with Crippen LogP contribution >= 0.6 is 15.9 Å². The van der Waals surface area contributed by atoms with Crippen molar-refractivity contribution in [3.05, 3.63) is 22.8 Å². The summed E-state index contributed by atoms with van der Waals surface area (Å²) >= 11 is 3.29. The molecule has 0 spiro atoms. The van der Waals surface area contributed by atoms with Crippen molar-refractivity contribution in [1.29, 1.82) is 0 Å². The number of hydrogen-bond donors (Lipinski definition) is 1. The third-order valence-electron chi connectivity index (χ3n) is 2.77. The maximum atomic E-state index is 10.9. The third kappa shape index (κ3) is 2.88. The number of amides is 1. The van der Waals surface area contributed by atoms with Crippen molar-refractivity contribution >= 4 is 22.0 Å². The fourth-order valence-electron chi connectivity index (χ4n) is 1.94. The normalized spacial score (nSPS) is 23.8.